The third-order valence-electron chi connectivity index (χ3n) is 8.26. The molecule has 1 aliphatic heterocycles. The Kier molecular flexibility index (Phi) is 12.5. The first kappa shape index (κ1) is 35.7. The summed E-state index contributed by atoms with van der Waals surface area (Å²) >= 11 is 0. The van der Waals surface area contributed by atoms with E-state index in [1.54, 1.807) is 6.92 Å². The molecule has 5 rings (SSSR count). The molecule has 1 fully saturated rings. The molecule has 1 saturated heterocycles. The van der Waals surface area contributed by atoms with E-state index in [9.17, 15) is 19.5 Å². The van der Waals surface area contributed by atoms with Gasteiger partial charge in [-0.1, -0.05) is 91.5 Å². The molecular formula is C37H42N2O10. The second-order valence-electron chi connectivity index (χ2n) is 11.7. The van der Waals surface area contributed by atoms with E-state index >= 15 is 0 Å². The van der Waals surface area contributed by atoms with Gasteiger partial charge in [0.05, 0.1) is 25.9 Å². The normalized spacial score (nSPS) is 20.2. The first-order chi connectivity index (χ1) is 23.8. The van der Waals surface area contributed by atoms with Gasteiger partial charge in [0.1, 0.15) is 25.4 Å². The molecule has 2 amide bonds. The molecule has 0 radical (unpaired) electrons. The summed E-state index contributed by atoms with van der Waals surface area (Å²) in [5.41, 5.74) is 5.07. The topological polar surface area (TPSA) is 151 Å². The Hall–Kier alpha value is -4.59. The van der Waals surface area contributed by atoms with Crippen LogP contribution < -0.4 is 10.6 Å². The molecule has 3 N–H and O–H groups in total. The van der Waals surface area contributed by atoms with Crippen LogP contribution in [0.3, 0.4) is 0 Å². The summed E-state index contributed by atoms with van der Waals surface area (Å²) in [6.07, 6.45) is -2.51. The molecule has 6 atom stereocenters. The number of nitrogens with one attached hydrogen (secondary N) is 2. The number of alkyl carbamates (subject to hydrolysis) is 1. The second-order valence-corrected chi connectivity index (χ2v) is 11.7. The van der Waals surface area contributed by atoms with Crippen LogP contribution in [-0.2, 0) is 38.0 Å². The summed E-state index contributed by atoms with van der Waals surface area (Å²) in [5.74, 6) is -1.44. The highest BCUT2D eigenvalue weighted by Gasteiger charge is 2.37. The van der Waals surface area contributed by atoms with E-state index in [0.717, 1.165) is 27.8 Å². The smallest absolute Gasteiger partial charge is 0.407 e. The number of esters is 1. The van der Waals surface area contributed by atoms with Crippen LogP contribution in [0.2, 0.25) is 0 Å². The lowest BCUT2D eigenvalue weighted by Gasteiger charge is -2.38. The van der Waals surface area contributed by atoms with Gasteiger partial charge in [0.15, 0.2) is 18.6 Å². The fraction of sp³-hybridized carbons (Fsp3) is 0.378. The molecule has 0 aromatic heterocycles. The molecule has 49 heavy (non-hydrogen) atoms. The third kappa shape index (κ3) is 9.11. The molecule has 3 unspecified atom stereocenters. The molecule has 0 saturated carbocycles. The van der Waals surface area contributed by atoms with Crippen molar-refractivity contribution in [1.82, 2.24) is 10.6 Å². The van der Waals surface area contributed by atoms with Crippen molar-refractivity contribution < 1.29 is 47.9 Å². The molecule has 0 bridgehead atoms. The number of hydrogen-bond donors (Lipinski definition) is 3. The van der Waals surface area contributed by atoms with Crippen LogP contribution in [0.1, 0.15) is 42.7 Å². The van der Waals surface area contributed by atoms with E-state index in [-0.39, 0.29) is 25.7 Å². The third-order valence-corrected chi connectivity index (χ3v) is 8.26. The van der Waals surface area contributed by atoms with Crippen molar-refractivity contribution in [2.75, 3.05) is 33.0 Å². The lowest BCUT2D eigenvalue weighted by atomic mass is 9.98. The summed E-state index contributed by atoms with van der Waals surface area (Å²) in [6.45, 7) is 5.69. The molecule has 0 spiro atoms. The van der Waals surface area contributed by atoms with Gasteiger partial charge in [-0.2, -0.15) is 0 Å². The number of carbonyl (C=O) groups is 3. The van der Waals surface area contributed by atoms with Gasteiger partial charge in [0, 0.05) is 18.4 Å². The Bertz CT molecular complexity index is 1540. The minimum Gasteiger partial charge on any atom is -0.460 e. The van der Waals surface area contributed by atoms with Crippen molar-refractivity contribution in [3.05, 3.63) is 108 Å². The summed E-state index contributed by atoms with van der Waals surface area (Å²) < 4.78 is 35.0. The molecule has 1 aliphatic carbocycles. The van der Waals surface area contributed by atoms with Gasteiger partial charge in [-0.15, -0.1) is 0 Å². The average Bonchev–Trinajstić information content (AvgIpc) is 3.44. The Labute approximate surface area is 285 Å². The van der Waals surface area contributed by atoms with Crippen LogP contribution in [-0.4, -0.2) is 86.7 Å². The molecule has 12 heteroatoms. The van der Waals surface area contributed by atoms with Crippen LogP contribution >= 0.6 is 0 Å². The van der Waals surface area contributed by atoms with Crippen LogP contribution in [0.25, 0.3) is 11.1 Å². The van der Waals surface area contributed by atoms with Crippen molar-refractivity contribution >= 4 is 18.0 Å². The average molecular weight is 675 g/mol. The number of fused-ring (bicyclic) bond motifs is 3. The van der Waals surface area contributed by atoms with Crippen LogP contribution in [0.4, 0.5) is 4.79 Å². The highest BCUT2D eigenvalue weighted by Crippen LogP contribution is 2.44. The van der Waals surface area contributed by atoms with Crippen molar-refractivity contribution in [1.29, 1.82) is 0 Å². The molecule has 2 aliphatic rings. The number of aliphatic hydroxyl groups is 1. The number of hydrogen-bond acceptors (Lipinski definition) is 10. The second kappa shape index (κ2) is 17.2. The van der Waals surface area contributed by atoms with Gasteiger partial charge in [-0.3, -0.25) is 4.79 Å². The first-order valence-electron chi connectivity index (χ1n) is 16.1. The standard InChI is InChI=1S/C37H42N2O10/c1-4-18-44-34(42)32(39-37(43)47-20-30-28-16-10-8-14-26(28)27-15-9-11-17-29(27)30)21-45-36(31(19-40)38-24(3)41)49-33-22-46-35(48-23(33)2)25-12-6-5-7-13-25/h4-17,23,30-33,35-36,40H,1,18-22H2,2-3H3,(H,38,41)(H,39,43)/t23-,31-,32?,33?,35?,36+/m0/s1. The number of carbonyl (C=O) groups excluding carboxylic acids is 3. The predicted molar refractivity (Wildman–Crippen MR) is 178 cm³/mol. The van der Waals surface area contributed by atoms with E-state index in [1.165, 1.54) is 13.0 Å². The molecule has 260 valence electrons. The Morgan fingerprint density at radius 1 is 0.959 bits per heavy atom. The van der Waals surface area contributed by atoms with Crippen molar-refractivity contribution in [3.63, 3.8) is 0 Å². The quantitative estimate of drug-likeness (QED) is 0.123. The molecule has 1 heterocycles. The zero-order valence-electron chi connectivity index (χ0n) is 27.5. The lowest BCUT2D eigenvalue weighted by molar-refractivity contribution is -0.296. The van der Waals surface area contributed by atoms with Gasteiger partial charge >= 0.3 is 12.1 Å². The minimum atomic E-state index is -1.34. The van der Waals surface area contributed by atoms with Crippen molar-refractivity contribution in [3.8, 4) is 11.1 Å². The van der Waals surface area contributed by atoms with Gasteiger partial charge < -0.3 is 44.2 Å². The largest absolute Gasteiger partial charge is 0.460 e. The van der Waals surface area contributed by atoms with Gasteiger partial charge in [-0.25, -0.2) is 9.59 Å². The van der Waals surface area contributed by atoms with Crippen LogP contribution in [0.15, 0.2) is 91.5 Å². The Morgan fingerprint density at radius 2 is 1.61 bits per heavy atom. The van der Waals surface area contributed by atoms with E-state index in [2.05, 4.69) is 17.2 Å². The highest BCUT2D eigenvalue weighted by atomic mass is 16.7. The fourth-order valence-corrected chi connectivity index (χ4v) is 5.84. The molecule has 3 aromatic rings. The minimum absolute atomic E-state index is 0.0273. The zero-order valence-corrected chi connectivity index (χ0v) is 27.5. The maximum absolute atomic E-state index is 13.1. The monoisotopic (exact) mass is 674 g/mol. The number of amides is 2. The van der Waals surface area contributed by atoms with E-state index < -0.39 is 68.1 Å². The van der Waals surface area contributed by atoms with E-state index in [1.807, 2.05) is 78.9 Å². The Balaban J connectivity index is 1.25. The number of aliphatic hydroxyl groups excluding tert-OH is 1. The highest BCUT2D eigenvalue weighted by molar-refractivity contribution is 5.82. The lowest BCUT2D eigenvalue weighted by Crippen LogP contribution is -2.53. The van der Waals surface area contributed by atoms with Crippen LogP contribution in [0, 0.1) is 0 Å². The first-order valence-corrected chi connectivity index (χ1v) is 16.1. The molecule has 12 nitrogen and oxygen atoms in total. The summed E-state index contributed by atoms with van der Waals surface area (Å²) in [4.78, 5) is 38.1. The maximum Gasteiger partial charge on any atom is 0.407 e. The van der Waals surface area contributed by atoms with Crippen molar-refractivity contribution in [2.45, 2.75) is 56.6 Å². The van der Waals surface area contributed by atoms with Crippen LogP contribution in [0.5, 0.6) is 0 Å². The van der Waals surface area contributed by atoms with E-state index in [0.29, 0.717) is 0 Å². The van der Waals surface area contributed by atoms with Crippen molar-refractivity contribution in [2.24, 2.45) is 0 Å². The Morgan fingerprint density at radius 3 is 2.22 bits per heavy atom. The number of ether oxygens (including phenoxy) is 6. The summed E-state index contributed by atoms with van der Waals surface area (Å²) in [7, 11) is 0. The summed E-state index contributed by atoms with van der Waals surface area (Å²) in [5, 5.41) is 15.3. The zero-order chi connectivity index (χ0) is 34.8. The molecule has 3 aromatic carbocycles. The van der Waals surface area contributed by atoms with E-state index in [4.69, 9.17) is 28.4 Å². The fourth-order valence-electron chi connectivity index (χ4n) is 5.84. The summed E-state index contributed by atoms with van der Waals surface area (Å²) in [6, 6.07) is 22.9. The van der Waals surface area contributed by atoms with Gasteiger partial charge in [-0.05, 0) is 29.2 Å². The van der Waals surface area contributed by atoms with Gasteiger partial charge in [0.2, 0.25) is 5.91 Å². The van der Waals surface area contributed by atoms with Gasteiger partial charge in [0.25, 0.3) is 0 Å². The number of benzene rings is 3. The molecular weight excluding hydrogens is 632 g/mol. The number of rotatable bonds is 15. The predicted octanol–water partition coefficient (Wildman–Crippen LogP) is 3.98. The SMILES string of the molecule is C=CCOC(=O)C(CO[C@H](OC1COC(c2ccccc2)O[C@H]1C)[C@H](CO)NC(C)=O)NC(=O)OCC1c2ccccc2-c2ccccc21. The maximum atomic E-state index is 13.1.